The highest BCUT2D eigenvalue weighted by molar-refractivity contribution is 5.94. The Morgan fingerprint density at radius 1 is 1.00 bits per heavy atom. The first-order valence-electron chi connectivity index (χ1n) is 8.94. The molecular formula is C21H23FN2O3. The number of hydrogen-bond acceptors (Lipinski definition) is 3. The number of carbonyl (C=O) groups excluding carboxylic acids is 2. The highest BCUT2D eigenvalue weighted by Gasteiger charge is 2.25. The molecule has 0 radical (unpaired) electrons. The Morgan fingerprint density at radius 2 is 1.63 bits per heavy atom. The van der Waals surface area contributed by atoms with Gasteiger partial charge in [0.2, 0.25) is 5.91 Å². The molecule has 1 fully saturated rings. The van der Waals surface area contributed by atoms with Gasteiger partial charge in [-0.3, -0.25) is 9.59 Å². The summed E-state index contributed by atoms with van der Waals surface area (Å²) in [5.41, 5.74) is 1.86. The van der Waals surface area contributed by atoms with E-state index >= 15 is 0 Å². The van der Waals surface area contributed by atoms with Crippen LogP contribution in [-0.4, -0.2) is 54.9 Å². The Balaban J connectivity index is 1.55. The summed E-state index contributed by atoms with van der Waals surface area (Å²) in [6.07, 6.45) is 0.328. The molecule has 6 heteroatoms. The number of rotatable bonds is 4. The molecule has 5 nitrogen and oxygen atoms in total. The summed E-state index contributed by atoms with van der Waals surface area (Å²) in [6.45, 7) is 3.59. The minimum Gasteiger partial charge on any atom is -0.497 e. The number of hydrogen-bond donors (Lipinski definition) is 0. The molecule has 0 aromatic heterocycles. The minimum absolute atomic E-state index is 0.0462. The van der Waals surface area contributed by atoms with Gasteiger partial charge in [-0.25, -0.2) is 4.39 Å². The van der Waals surface area contributed by atoms with Crippen LogP contribution in [0.1, 0.15) is 21.5 Å². The fourth-order valence-electron chi connectivity index (χ4n) is 3.15. The SMILES string of the molecule is COc1ccc(CC(=O)N2CCN(C(=O)c3ccc(F)c(C)c3)CC2)cc1. The Kier molecular flexibility index (Phi) is 5.74. The molecule has 2 aromatic rings. The molecule has 27 heavy (non-hydrogen) atoms. The Hall–Kier alpha value is -2.89. The molecule has 1 aliphatic heterocycles. The first-order chi connectivity index (χ1) is 13.0. The lowest BCUT2D eigenvalue weighted by molar-refractivity contribution is -0.131. The van der Waals surface area contributed by atoms with Crippen LogP contribution in [0.5, 0.6) is 5.75 Å². The van der Waals surface area contributed by atoms with E-state index in [0.29, 0.717) is 43.7 Å². The fraction of sp³-hybridized carbons (Fsp3) is 0.333. The molecule has 0 aliphatic carbocycles. The van der Waals surface area contributed by atoms with Crippen molar-refractivity contribution >= 4 is 11.8 Å². The summed E-state index contributed by atoms with van der Waals surface area (Å²) in [7, 11) is 1.61. The zero-order valence-corrected chi connectivity index (χ0v) is 15.6. The summed E-state index contributed by atoms with van der Waals surface area (Å²) < 4.78 is 18.5. The molecular weight excluding hydrogens is 347 g/mol. The molecule has 2 amide bonds. The predicted octanol–water partition coefficient (Wildman–Crippen LogP) is 2.67. The molecule has 0 N–H and O–H groups in total. The number of methoxy groups -OCH3 is 1. The topological polar surface area (TPSA) is 49.9 Å². The van der Waals surface area contributed by atoms with Crippen molar-refractivity contribution in [1.29, 1.82) is 0 Å². The van der Waals surface area contributed by atoms with E-state index in [0.717, 1.165) is 11.3 Å². The van der Waals surface area contributed by atoms with Gasteiger partial charge in [0.25, 0.3) is 5.91 Å². The van der Waals surface area contributed by atoms with Crippen molar-refractivity contribution in [3.63, 3.8) is 0 Å². The van der Waals surface area contributed by atoms with Crippen molar-refractivity contribution < 1.29 is 18.7 Å². The van der Waals surface area contributed by atoms with Crippen LogP contribution < -0.4 is 4.74 Å². The summed E-state index contributed by atoms with van der Waals surface area (Å²) in [6, 6.07) is 11.8. The largest absolute Gasteiger partial charge is 0.497 e. The maximum atomic E-state index is 13.4. The van der Waals surface area contributed by atoms with Gasteiger partial charge in [-0.2, -0.15) is 0 Å². The van der Waals surface area contributed by atoms with Crippen LogP contribution >= 0.6 is 0 Å². The van der Waals surface area contributed by atoms with Crippen LogP contribution in [0.3, 0.4) is 0 Å². The summed E-state index contributed by atoms with van der Waals surface area (Å²) in [5.74, 6) is 0.361. The maximum Gasteiger partial charge on any atom is 0.253 e. The lowest BCUT2D eigenvalue weighted by atomic mass is 10.1. The average molecular weight is 370 g/mol. The standard InChI is InChI=1S/C21H23FN2O3/c1-15-13-17(5-8-19(15)22)21(26)24-11-9-23(10-12-24)20(25)14-16-3-6-18(27-2)7-4-16/h3-8,13H,9-12,14H2,1-2H3. The van der Waals surface area contributed by atoms with Gasteiger partial charge in [-0.05, 0) is 48.4 Å². The first kappa shape index (κ1) is 18.9. The number of carbonyl (C=O) groups is 2. The molecule has 2 aromatic carbocycles. The van der Waals surface area contributed by atoms with E-state index in [1.54, 1.807) is 29.9 Å². The van der Waals surface area contributed by atoms with Crippen LogP contribution in [0.2, 0.25) is 0 Å². The van der Waals surface area contributed by atoms with Gasteiger partial charge in [0.05, 0.1) is 13.5 Å². The second-order valence-electron chi connectivity index (χ2n) is 6.66. The minimum atomic E-state index is -0.319. The van der Waals surface area contributed by atoms with Crippen molar-refractivity contribution in [2.75, 3.05) is 33.3 Å². The number of ether oxygens (including phenoxy) is 1. The van der Waals surface area contributed by atoms with Crippen LogP contribution in [0.4, 0.5) is 4.39 Å². The van der Waals surface area contributed by atoms with Gasteiger partial charge in [0.15, 0.2) is 0 Å². The summed E-state index contributed by atoms with van der Waals surface area (Å²) in [4.78, 5) is 28.6. The molecule has 1 heterocycles. The zero-order chi connectivity index (χ0) is 19.4. The normalized spacial score (nSPS) is 14.2. The van der Waals surface area contributed by atoms with E-state index in [9.17, 15) is 14.0 Å². The van der Waals surface area contributed by atoms with Crippen LogP contribution in [0.25, 0.3) is 0 Å². The van der Waals surface area contributed by atoms with Crippen molar-refractivity contribution in [2.24, 2.45) is 0 Å². The Bertz CT molecular complexity index is 828. The van der Waals surface area contributed by atoms with E-state index in [1.807, 2.05) is 24.3 Å². The number of benzene rings is 2. The number of amides is 2. The highest BCUT2D eigenvalue weighted by Crippen LogP contribution is 2.15. The third kappa shape index (κ3) is 4.45. The molecule has 0 bridgehead atoms. The van der Waals surface area contributed by atoms with Crippen LogP contribution in [-0.2, 0) is 11.2 Å². The van der Waals surface area contributed by atoms with Crippen molar-refractivity contribution in [3.05, 3.63) is 65.0 Å². The van der Waals surface area contributed by atoms with Crippen LogP contribution in [0.15, 0.2) is 42.5 Å². The smallest absolute Gasteiger partial charge is 0.253 e. The molecule has 0 saturated carbocycles. The molecule has 1 aliphatic rings. The molecule has 0 unspecified atom stereocenters. The summed E-state index contributed by atoms with van der Waals surface area (Å²) >= 11 is 0. The van der Waals surface area contributed by atoms with Crippen molar-refractivity contribution in [3.8, 4) is 5.75 Å². The van der Waals surface area contributed by atoms with Gasteiger partial charge in [-0.1, -0.05) is 12.1 Å². The molecule has 0 atom stereocenters. The van der Waals surface area contributed by atoms with Gasteiger partial charge >= 0.3 is 0 Å². The van der Waals surface area contributed by atoms with E-state index < -0.39 is 0 Å². The molecule has 3 rings (SSSR count). The van der Waals surface area contributed by atoms with E-state index in [-0.39, 0.29) is 17.6 Å². The van der Waals surface area contributed by atoms with Gasteiger partial charge in [-0.15, -0.1) is 0 Å². The van der Waals surface area contributed by atoms with E-state index in [2.05, 4.69) is 0 Å². The van der Waals surface area contributed by atoms with Gasteiger partial charge < -0.3 is 14.5 Å². The lowest BCUT2D eigenvalue weighted by Gasteiger charge is -2.35. The van der Waals surface area contributed by atoms with Gasteiger partial charge in [0, 0.05) is 31.7 Å². The Morgan fingerprint density at radius 3 is 2.22 bits per heavy atom. The summed E-state index contributed by atoms with van der Waals surface area (Å²) in [5, 5.41) is 0. The number of piperazine rings is 1. The average Bonchev–Trinajstić information content (AvgIpc) is 2.70. The van der Waals surface area contributed by atoms with Crippen molar-refractivity contribution in [2.45, 2.75) is 13.3 Å². The maximum absolute atomic E-state index is 13.4. The second kappa shape index (κ2) is 8.20. The molecule has 0 spiro atoms. The highest BCUT2D eigenvalue weighted by atomic mass is 19.1. The fourth-order valence-corrected chi connectivity index (χ4v) is 3.15. The number of aryl methyl sites for hydroxylation is 1. The molecule has 142 valence electrons. The quantitative estimate of drug-likeness (QED) is 0.831. The van der Waals surface area contributed by atoms with Crippen LogP contribution in [0, 0.1) is 12.7 Å². The van der Waals surface area contributed by atoms with Gasteiger partial charge in [0.1, 0.15) is 11.6 Å². The molecule has 1 saturated heterocycles. The zero-order valence-electron chi connectivity index (χ0n) is 15.6. The lowest BCUT2D eigenvalue weighted by Crippen LogP contribution is -2.51. The second-order valence-corrected chi connectivity index (χ2v) is 6.66. The predicted molar refractivity (Wildman–Crippen MR) is 100 cm³/mol. The van der Waals surface area contributed by atoms with E-state index in [4.69, 9.17) is 4.74 Å². The van der Waals surface area contributed by atoms with Crippen molar-refractivity contribution in [1.82, 2.24) is 9.80 Å². The first-order valence-corrected chi connectivity index (χ1v) is 8.94. The Labute approximate surface area is 158 Å². The number of halogens is 1. The van der Waals surface area contributed by atoms with E-state index in [1.165, 1.54) is 12.1 Å². The third-order valence-corrected chi connectivity index (χ3v) is 4.84. The third-order valence-electron chi connectivity index (χ3n) is 4.84. The monoisotopic (exact) mass is 370 g/mol. The number of nitrogens with zero attached hydrogens (tertiary/aromatic N) is 2.